The van der Waals surface area contributed by atoms with Gasteiger partial charge in [-0.2, -0.15) is 0 Å². The molecule has 6 rings (SSSR count). The minimum absolute atomic E-state index is 0.0190. The average molecular weight is 681 g/mol. The van der Waals surface area contributed by atoms with E-state index in [0.717, 1.165) is 63.4 Å². The molecule has 0 aromatic heterocycles. The highest BCUT2D eigenvalue weighted by Gasteiger charge is 2.67. The van der Waals surface area contributed by atoms with Crippen molar-refractivity contribution < 1.29 is 28.7 Å². The predicted octanol–water partition coefficient (Wildman–Crippen LogP) is 8.02. The van der Waals surface area contributed by atoms with E-state index in [9.17, 15) is 19.2 Å². The lowest BCUT2D eigenvalue weighted by molar-refractivity contribution is -0.212. The summed E-state index contributed by atoms with van der Waals surface area (Å²) in [5.74, 6) is 1.74. The van der Waals surface area contributed by atoms with Crippen LogP contribution in [0.5, 0.6) is 0 Å². The molecule has 6 unspecified atom stereocenters. The third kappa shape index (κ3) is 5.87. The van der Waals surface area contributed by atoms with Gasteiger partial charge in [0.25, 0.3) is 0 Å². The molecule has 1 heterocycles. The summed E-state index contributed by atoms with van der Waals surface area (Å²) in [6, 6.07) is -0.105. The lowest BCUT2D eigenvalue weighted by Crippen LogP contribution is -2.63. The largest absolute Gasteiger partial charge is 0.462 e. The molecule has 5 aliphatic carbocycles. The number of likely N-dealkylation sites (tertiary alicyclic amines) is 1. The number of ether oxygens (including phenoxy) is 2. The maximum atomic E-state index is 14.6. The number of esters is 1. The highest BCUT2D eigenvalue weighted by molar-refractivity contribution is 6.06. The summed E-state index contributed by atoms with van der Waals surface area (Å²) in [6.45, 7) is 22.2. The minimum atomic E-state index is -0.790. The van der Waals surface area contributed by atoms with Crippen molar-refractivity contribution in [1.82, 2.24) is 10.2 Å². The zero-order valence-corrected chi connectivity index (χ0v) is 32.1. The molecule has 0 bridgehead atoms. The predicted molar refractivity (Wildman–Crippen MR) is 189 cm³/mol. The van der Waals surface area contributed by atoms with Crippen LogP contribution in [0.15, 0.2) is 11.1 Å². The fourth-order valence-electron chi connectivity index (χ4n) is 13.0. The van der Waals surface area contributed by atoms with Crippen LogP contribution < -0.4 is 5.32 Å². The van der Waals surface area contributed by atoms with Crippen molar-refractivity contribution in [2.75, 3.05) is 13.1 Å². The summed E-state index contributed by atoms with van der Waals surface area (Å²) >= 11 is 0. The van der Waals surface area contributed by atoms with Gasteiger partial charge in [-0.05, 0) is 137 Å². The van der Waals surface area contributed by atoms with Crippen molar-refractivity contribution in [3.05, 3.63) is 11.1 Å². The molecule has 0 aromatic rings. The van der Waals surface area contributed by atoms with Crippen LogP contribution in [0, 0.1) is 51.2 Å². The summed E-state index contributed by atoms with van der Waals surface area (Å²) in [6.07, 6.45) is 9.65. The fraction of sp³-hybridized carbons (Fsp3) is 0.854. The molecular weight excluding hydrogens is 616 g/mol. The van der Waals surface area contributed by atoms with Crippen LogP contribution >= 0.6 is 0 Å². The molecule has 5 fully saturated rings. The Balaban J connectivity index is 1.26. The van der Waals surface area contributed by atoms with Gasteiger partial charge in [-0.25, -0.2) is 4.79 Å². The van der Waals surface area contributed by atoms with Crippen LogP contribution in [0.2, 0.25) is 0 Å². The van der Waals surface area contributed by atoms with Crippen molar-refractivity contribution >= 4 is 23.8 Å². The van der Waals surface area contributed by atoms with Gasteiger partial charge in [0.15, 0.2) is 5.78 Å². The Hall–Kier alpha value is -2.38. The van der Waals surface area contributed by atoms with Gasteiger partial charge in [0.05, 0.1) is 11.5 Å². The molecule has 1 aliphatic heterocycles. The quantitative estimate of drug-likeness (QED) is 0.295. The normalized spacial score (nSPS) is 39.9. The van der Waals surface area contributed by atoms with E-state index < -0.39 is 11.0 Å². The first-order valence-corrected chi connectivity index (χ1v) is 19.5. The highest BCUT2D eigenvalue weighted by Crippen LogP contribution is 2.73. The van der Waals surface area contributed by atoms with E-state index in [4.69, 9.17) is 9.47 Å². The van der Waals surface area contributed by atoms with Gasteiger partial charge in [0.1, 0.15) is 11.7 Å². The number of Topliss-reactive ketones (excluding diaryl/α,β-unsaturated/α-hetero) is 1. The van der Waals surface area contributed by atoms with Gasteiger partial charge in [0, 0.05) is 31.8 Å². The van der Waals surface area contributed by atoms with Gasteiger partial charge < -0.3 is 19.7 Å². The summed E-state index contributed by atoms with van der Waals surface area (Å²) in [5, 5.41) is 3.30. The second-order valence-corrected chi connectivity index (χ2v) is 19.3. The standard InChI is InChI=1S/C41H64N2O6/c1-24(2)33-29(45)22-41(35(46)42-23-26-12-11-21-43(26)36(47)49-37(4,5)6)20-15-28-27(34(33)41)13-14-31-39(28,9)18-16-30-38(7,8)32(48-25(3)44)17-19-40(30,31)10/h24,26-28,30-32H,11-23H2,1-10H3,(H,42,46)/t26?,27?,28?,30?,31?,32-,39-,40-,41?/m0/s1. The van der Waals surface area contributed by atoms with Gasteiger partial charge in [-0.1, -0.05) is 41.5 Å². The van der Waals surface area contributed by atoms with Crippen LogP contribution in [0.25, 0.3) is 0 Å². The van der Waals surface area contributed by atoms with Gasteiger partial charge >= 0.3 is 12.1 Å². The van der Waals surface area contributed by atoms with E-state index >= 15 is 0 Å². The molecule has 0 radical (unpaired) electrons. The third-order valence-corrected chi connectivity index (χ3v) is 14.8. The number of fused-ring (bicyclic) bond motifs is 7. The number of nitrogens with one attached hydrogen (secondary N) is 1. The average Bonchev–Trinajstić information content (AvgIpc) is 3.58. The van der Waals surface area contributed by atoms with Gasteiger partial charge in [-0.15, -0.1) is 0 Å². The Labute approximate surface area is 295 Å². The molecule has 1 N–H and O–H groups in total. The highest BCUT2D eigenvalue weighted by atomic mass is 16.6. The Morgan fingerprint density at radius 1 is 0.918 bits per heavy atom. The van der Waals surface area contributed by atoms with E-state index in [1.54, 1.807) is 4.90 Å². The van der Waals surface area contributed by atoms with Crippen LogP contribution in [0.4, 0.5) is 4.79 Å². The first-order valence-electron chi connectivity index (χ1n) is 19.5. The Morgan fingerprint density at radius 3 is 2.27 bits per heavy atom. The number of nitrogens with zero attached hydrogens (tertiary/aromatic N) is 1. The summed E-state index contributed by atoms with van der Waals surface area (Å²) < 4.78 is 11.6. The van der Waals surface area contributed by atoms with Crippen molar-refractivity contribution in [3.8, 4) is 0 Å². The lowest BCUT2D eigenvalue weighted by atomic mass is 9.36. The maximum absolute atomic E-state index is 14.6. The first kappa shape index (κ1) is 36.4. The minimum Gasteiger partial charge on any atom is -0.462 e. The van der Waals surface area contributed by atoms with Gasteiger partial charge in [-0.3, -0.25) is 14.4 Å². The summed E-state index contributed by atoms with van der Waals surface area (Å²) in [5.41, 5.74) is 0.926. The van der Waals surface area contributed by atoms with E-state index in [1.165, 1.54) is 12.5 Å². The molecule has 4 saturated carbocycles. The van der Waals surface area contributed by atoms with Crippen molar-refractivity contribution in [1.29, 1.82) is 0 Å². The van der Waals surface area contributed by atoms with Crippen molar-refractivity contribution in [3.63, 3.8) is 0 Å². The molecule has 0 spiro atoms. The lowest BCUT2D eigenvalue weighted by Gasteiger charge is -2.68. The van der Waals surface area contributed by atoms with Crippen LogP contribution in [-0.2, 0) is 23.9 Å². The third-order valence-electron chi connectivity index (χ3n) is 14.8. The molecule has 274 valence electrons. The monoisotopic (exact) mass is 680 g/mol. The number of allylic oxidation sites excluding steroid dienone is 1. The Bertz CT molecular complexity index is 1410. The zero-order chi connectivity index (χ0) is 35.9. The van der Waals surface area contributed by atoms with Crippen LogP contribution in [0.1, 0.15) is 140 Å². The molecule has 0 aromatic carbocycles. The number of amides is 2. The number of hydrogen-bond acceptors (Lipinski definition) is 6. The SMILES string of the molecule is CC(=O)O[C@H]1CC[C@@]2(C)C(CC[C@@]3(C)C4CCC5(C(=O)NCC6CCCN6C(=O)OC(C)(C)C)CC(=O)C(C(C)C)=C5C4CCC32)C1(C)C. The summed E-state index contributed by atoms with van der Waals surface area (Å²) in [4.78, 5) is 55.3. The van der Waals surface area contributed by atoms with Gasteiger partial charge in [0.2, 0.25) is 5.91 Å². The van der Waals surface area contributed by atoms with Crippen molar-refractivity contribution in [2.24, 2.45) is 51.2 Å². The van der Waals surface area contributed by atoms with E-state index in [-0.39, 0.29) is 70.4 Å². The van der Waals surface area contributed by atoms with Crippen molar-refractivity contribution in [2.45, 2.75) is 158 Å². The zero-order valence-electron chi connectivity index (χ0n) is 32.1. The second-order valence-electron chi connectivity index (χ2n) is 19.3. The molecule has 2 amide bonds. The van der Waals surface area contributed by atoms with Crippen LogP contribution in [0.3, 0.4) is 0 Å². The fourth-order valence-corrected chi connectivity index (χ4v) is 13.0. The second kappa shape index (κ2) is 12.4. The molecular formula is C41H64N2O6. The number of carbonyl (C=O) groups excluding carboxylic acids is 4. The Kier molecular flexibility index (Phi) is 9.21. The van der Waals surface area contributed by atoms with E-state index in [1.807, 2.05) is 20.8 Å². The Morgan fingerprint density at radius 2 is 1.61 bits per heavy atom. The first-order chi connectivity index (χ1) is 22.8. The molecule has 8 nitrogen and oxygen atoms in total. The maximum Gasteiger partial charge on any atom is 0.410 e. The van der Waals surface area contributed by atoms with E-state index in [0.29, 0.717) is 37.3 Å². The van der Waals surface area contributed by atoms with E-state index in [2.05, 4.69) is 46.9 Å². The molecule has 49 heavy (non-hydrogen) atoms. The smallest absolute Gasteiger partial charge is 0.410 e. The molecule has 6 aliphatic rings. The number of ketones is 1. The summed E-state index contributed by atoms with van der Waals surface area (Å²) in [7, 11) is 0. The number of hydrogen-bond donors (Lipinski definition) is 1. The van der Waals surface area contributed by atoms with Crippen LogP contribution in [-0.4, -0.2) is 59.5 Å². The molecule has 1 saturated heterocycles. The number of rotatable bonds is 5. The molecule has 9 atom stereocenters. The molecule has 8 heteroatoms. The number of carbonyl (C=O) groups is 4. The topological polar surface area (TPSA) is 102 Å².